The Morgan fingerprint density at radius 3 is 2.64 bits per heavy atom. The fraction of sp³-hybridized carbons (Fsp3) is 0.143. The monoisotopic (exact) mass is 413 g/mol. The Morgan fingerprint density at radius 2 is 1.93 bits per heavy atom. The van der Waals surface area contributed by atoms with Crippen LogP contribution in [0.25, 0.3) is 0 Å². The Kier molecular flexibility index (Phi) is 5.11. The second-order valence-corrected chi connectivity index (χ2v) is 7.05. The van der Waals surface area contributed by atoms with Crippen LogP contribution in [0, 0.1) is 0 Å². The standard InChI is InChI=1S/C21H17Cl2N3O2/c1-2-28-15-8-6-14(7-9-15)26-20(19-16(21(26)27)4-3-11-24-19)25-18-10-5-13(22)12-17(18)23/h3-12,20,25H,2H2,1H3. The number of aromatic nitrogens is 1. The first kappa shape index (κ1) is 18.6. The number of pyridine rings is 1. The van der Waals surface area contributed by atoms with E-state index in [0.29, 0.717) is 33.6 Å². The lowest BCUT2D eigenvalue weighted by molar-refractivity contribution is 0.0993. The number of rotatable bonds is 5. The average molecular weight is 414 g/mol. The topological polar surface area (TPSA) is 54.5 Å². The molecule has 1 aliphatic heterocycles. The first-order chi connectivity index (χ1) is 13.6. The van der Waals surface area contributed by atoms with Crippen molar-refractivity contribution >= 4 is 40.5 Å². The van der Waals surface area contributed by atoms with E-state index in [2.05, 4.69) is 10.3 Å². The van der Waals surface area contributed by atoms with Gasteiger partial charge in [0, 0.05) is 16.9 Å². The quantitative estimate of drug-likeness (QED) is 0.594. The van der Waals surface area contributed by atoms with Gasteiger partial charge in [-0.05, 0) is 61.5 Å². The summed E-state index contributed by atoms with van der Waals surface area (Å²) < 4.78 is 5.50. The first-order valence-electron chi connectivity index (χ1n) is 8.81. The van der Waals surface area contributed by atoms with Crippen LogP contribution < -0.4 is 15.0 Å². The maximum absolute atomic E-state index is 13.1. The van der Waals surface area contributed by atoms with Crippen LogP contribution in [0.4, 0.5) is 11.4 Å². The van der Waals surface area contributed by atoms with Crippen molar-refractivity contribution < 1.29 is 9.53 Å². The van der Waals surface area contributed by atoms with E-state index in [0.717, 1.165) is 11.4 Å². The molecule has 7 heteroatoms. The zero-order valence-corrected chi connectivity index (χ0v) is 16.5. The minimum absolute atomic E-state index is 0.130. The third-order valence-corrected chi connectivity index (χ3v) is 5.00. The van der Waals surface area contributed by atoms with Crippen LogP contribution in [-0.4, -0.2) is 17.5 Å². The highest BCUT2D eigenvalue weighted by atomic mass is 35.5. The number of halogens is 2. The minimum Gasteiger partial charge on any atom is -0.494 e. The maximum atomic E-state index is 13.1. The molecule has 1 aliphatic rings. The third-order valence-electron chi connectivity index (χ3n) is 4.45. The van der Waals surface area contributed by atoms with Crippen molar-refractivity contribution in [3.05, 3.63) is 82.1 Å². The SMILES string of the molecule is CCOc1ccc(N2C(=O)c3cccnc3C2Nc2ccc(Cl)cc2Cl)cc1. The molecule has 0 saturated carbocycles. The van der Waals surface area contributed by atoms with Gasteiger partial charge in [0.05, 0.1) is 28.6 Å². The lowest BCUT2D eigenvalue weighted by atomic mass is 10.2. The molecule has 0 aliphatic carbocycles. The Hall–Kier alpha value is -2.76. The molecule has 3 aromatic rings. The van der Waals surface area contributed by atoms with Gasteiger partial charge in [-0.3, -0.25) is 14.7 Å². The number of hydrogen-bond acceptors (Lipinski definition) is 4. The summed E-state index contributed by atoms with van der Waals surface area (Å²) in [6.07, 6.45) is 1.17. The average Bonchev–Trinajstić information content (AvgIpc) is 2.97. The van der Waals surface area contributed by atoms with Gasteiger partial charge >= 0.3 is 0 Å². The molecule has 5 nitrogen and oxygen atoms in total. The van der Waals surface area contributed by atoms with Crippen LogP contribution in [0.1, 0.15) is 29.1 Å². The molecule has 142 valence electrons. The van der Waals surface area contributed by atoms with Gasteiger partial charge in [0.25, 0.3) is 5.91 Å². The molecular weight excluding hydrogens is 397 g/mol. The fourth-order valence-corrected chi connectivity index (χ4v) is 3.67. The number of anilines is 2. The van der Waals surface area contributed by atoms with Crippen LogP contribution in [0.5, 0.6) is 5.75 Å². The molecule has 2 aromatic carbocycles. The van der Waals surface area contributed by atoms with Crippen molar-refractivity contribution in [2.75, 3.05) is 16.8 Å². The normalized spacial score (nSPS) is 15.5. The summed E-state index contributed by atoms with van der Waals surface area (Å²) in [6.45, 7) is 2.51. The summed E-state index contributed by atoms with van der Waals surface area (Å²) in [5.74, 6) is 0.619. The molecule has 4 rings (SSSR count). The van der Waals surface area contributed by atoms with Gasteiger partial charge in [-0.2, -0.15) is 0 Å². The molecule has 0 spiro atoms. The Balaban J connectivity index is 1.74. The van der Waals surface area contributed by atoms with E-state index >= 15 is 0 Å². The van der Waals surface area contributed by atoms with Crippen LogP contribution >= 0.6 is 23.2 Å². The lowest BCUT2D eigenvalue weighted by Gasteiger charge is -2.27. The molecule has 1 atom stereocenters. The number of carbonyl (C=O) groups excluding carboxylic acids is 1. The molecule has 0 bridgehead atoms. The van der Waals surface area contributed by atoms with Crippen molar-refractivity contribution in [3.63, 3.8) is 0 Å². The van der Waals surface area contributed by atoms with Gasteiger partial charge in [-0.25, -0.2) is 0 Å². The number of benzene rings is 2. The van der Waals surface area contributed by atoms with Gasteiger partial charge in [-0.15, -0.1) is 0 Å². The Morgan fingerprint density at radius 1 is 1.14 bits per heavy atom. The van der Waals surface area contributed by atoms with E-state index in [1.165, 1.54) is 0 Å². The van der Waals surface area contributed by atoms with E-state index in [-0.39, 0.29) is 5.91 Å². The van der Waals surface area contributed by atoms with Crippen molar-refractivity contribution in [1.82, 2.24) is 4.98 Å². The Labute approximate surface area is 172 Å². The van der Waals surface area contributed by atoms with Crippen molar-refractivity contribution in [3.8, 4) is 5.75 Å². The minimum atomic E-state index is -0.500. The summed E-state index contributed by atoms with van der Waals surface area (Å²) in [5, 5.41) is 4.34. The molecule has 2 heterocycles. The molecular formula is C21H17Cl2N3O2. The lowest BCUT2D eigenvalue weighted by Crippen LogP contribution is -2.32. The summed E-state index contributed by atoms with van der Waals surface area (Å²) in [4.78, 5) is 19.2. The van der Waals surface area contributed by atoms with E-state index in [9.17, 15) is 4.79 Å². The van der Waals surface area contributed by atoms with Crippen LogP contribution in [0.15, 0.2) is 60.8 Å². The molecule has 28 heavy (non-hydrogen) atoms. The van der Waals surface area contributed by atoms with Gasteiger partial charge < -0.3 is 10.1 Å². The van der Waals surface area contributed by atoms with Gasteiger partial charge in [0.1, 0.15) is 5.75 Å². The largest absolute Gasteiger partial charge is 0.494 e. The Bertz CT molecular complexity index is 1020. The molecule has 1 unspecified atom stereocenters. The van der Waals surface area contributed by atoms with Crippen LogP contribution in [-0.2, 0) is 0 Å². The molecule has 1 aromatic heterocycles. The molecule has 1 amide bonds. The number of nitrogens with zero attached hydrogens (tertiary/aromatic N) is 2. The first-order valence-corrected chi connectivity index (χ1v) is 9.57. The summed E-state index contributed by atoms with van der Waals surface area (Å²) in [7, 11) is 0. The highest BCUT2D eigenvalue weighted by Crippen LogP contribution is 2.39. The maximum Gasteiger partial charge on any atom is 0.262 e. The predicted octanol–water partition coefficient (Wildman–Crippen LogP) is 5.56. The molecule has 0 fully saturated rings. The second-order valence-electron chi connectivity index (χ2n) is 6.21. The highest BCUT2D eigenvalue weighted by molar-refractivity contribution is 6.36. The van der Waals surface area contributed by atoms with Crippen LogP contribution in [0.3, 0.4) is 0 Å². The number of amides is 1. The summed E-state index contributed by atoms with van der Waals surface area (Å²) >= 11 is 12.3. The van der Waals surface area contributed by atoms with Crippen molar-refractivity contribution in [2.45, 2.75) is 13.1 Å². The van der Waals surface area contributed by atoms with Crippen molar-refractivity contribution in [1.29, 1.82) is 0 Å². The molecule has 1 N–H and O–H groups in total. The van der Waals surface area contributed by atoms with Crippen molar-refractivity contribution in [2.24, 2.45) is 0 Å². The highest BCUT2D eigenvalue weighted by Gasteiger charge is 2.39. The van der Waals surface area contributed by atoms with Gasteiger partial charge in [0.2, 0.25) is 0 Å². The van der Waals surface area contributed by atoms with E-state index in [1.54, 1.807) is 41.4 Å². The number of fused-ring (bicyclic) bond motifs is 1. The smallest absolute Gasteiger partial charge is 0.262 e. The number of ether oxygens (including phenoxy) is 1. The summed E-state index contributed by atoms with van der Waals surface area (Å²) in [6, 6.07) is 16.1. The fourth-order valence-electron chi connectivity index (χ4n) is 3.21. The summed E-state index contributed by atoms with van der Waals surface area (Å²) in [5.41, 5.74) is 2.60. The zero-order chi connectivity index (χ0) is 19.7. The van der Waals surface area contributed by atoms with E-state index in [4.69, 9.17) is 27.9 Å². The van der Waals surface area contributed by atoms with Crippen LogP contribution in [0.2, 0.25) is 10.0 Å². The zero-order valence-electron chi connectivity index (χ0n) is 15.0. The number of carbonyl (C=O) groups is 1. The third kappa shape index (κ3) is 3.39. The number of hydrogen-bond donors (Lipinski definition) is 1. The van der Waals surface area contributed by atoms with E-state index < -0.39 is 6.17 Å². The second kappa shape index (κ2) is 7.70. The number of nitrogens with one attached hydrogen (secondary N) is 1. The molecule has 0 radical (unpaired) electrons. The molecule has 0 saturated heterocycles. The van der Waals surface area contributed by atoms with Gasteiger partial charge in [0.15, 0.2) is 6.17 Å². The van der Waals surface area contributed by atoms with Gasteiger partial charge in [-0.1, -0.05) is 23.2 Å². The van der Waals surface area contributed by atoms with E-state index in [1.807, 2.05) is 31.2 Å². The predicted molar refractivity (Wildman–Crippen MR) is 111 cm³/mol.